The third-order valence-electron chi connectivity index (χ3n) is 6.58. The highest BCUT2D eigenvalue weighted by atomic mass is 19.1. The van der Waals surface area contributed by atoms with Gasteiger partial charge in [0.25, 0.3) is 0 Å². The van der Waals surface area contributed by atoms with Gasteiger partial charge in [-0.05, 0) is 60.2 Å². The van der Waals surface area contributed by atoms with Crippen molar-refractivity contribution in [2.45, 2.75) is 38.0 Å². The average molecular weight is 448 g/mol. The molecule has 34 heavy (non-hydrogen) atoms. The van der Waals surface area contributed by atoms with Crippen LogP contribution in [0.25, 0.3) is 28.6 Å². The van der Waals surface area contributed by atoms with E-state index in [0.717, 1.165) is 22.5 Å². The third kappa shape index (κ3) is 4.70. The summed E-state index contributed by atoms with van der Waals surface area (Å²) in [4.78, 5) is 0. The third-order valence-corrected chi connectivity index (χ3v) is 6.58. The molecule has 1 saturated carbocycles. The van der Waals surface area contributed by atoms with Crippen molar-refractivity contribution in [3.8, 4) is 23.0 Å². The molecule has 0 unspecified atom stereocenters. The normalized spacial score (nSPS) is 14.6. The summed E-state index contributed by atoms with van der Waals surface area (Å²) in [5.74, 6) is 0.277. The van der Waals surface area contributed by atoms with Gasteiger partial charge >= 0.3 is 0 Å². The van der Waals surface area contributed by atoms with Gasteiger partial charge in [0, 0.05) is 17.3 Å². The maximum atomic E-state index is 13.8. The summed E-state index contributed by atoms with van der Waals surface area (Å²) in [6.45, 7) is 0. The number of halogens is 1. The molecule has 4 heteroatoms. The maximum absolute atomic E-state index is 13.8. The number of allylic oxidation sites excluding steroid dienone is 1. The lowest BCUT2D eigenvalue weighted by Crippen LogP contribution is -2.04. The molecule has 0 radical (unpaired) electrons. The SMILES string of the molecule is N#CC(=Cc1cn(-c2ccccc2)nc1-c1ccc(C2CCCCC2)cc1)c1cccc(F)c1. The zero-order valence-electron chi connectivity index (χ0n) is 19.0. The number of nitriles is 1. The number of rotatable bonds is 5. The zero-order chi connectivity index (χ0) is 23.3. The van der Waals surface area contributed by atoms with Gasteiger partial charge in [-0.1, -0.05) is 73.9 Å². The van der Waals surface area contributed by atoms with E-state index in [1.807, 2.05) is 41.2 Å². The molecule has 1 heterocycles. The molecular weight excluding hydrogens is 421 g/mol. The summed E-state index contributed by atoms with van der Waals surface area (Å²) in [6, 6.07) is 27.0. The van der Waals surface area contributed by atoms with Crippen LogP contribution in [0, 0.1) is 17.1 Å². The largest absolute Gasteiger partial charge is 0.240 e. The number of para-hydroxylation sites is 1. The van der Waals surface area contributed by atoms with Gasteiger partial charge in [0.15, 0.2) is 0 Å². The monoisotopic (exact) mass is 447 g/mol. The van der Waals surface area contributed by atoms with E-state index in [0.29, 0.717) is 17.1 Å². The van der Waals surface area contributed by atoms with Crippen molar-refractivity contribution in [1.82, 2.24) is 9.78 Å². The second-order valence-corrected chi connectivity index (χ2v) is 8.85. The van der Waals surface area contributed by atoms with E-state index < -0.39 is 0 Å². The Hall–Kier alpha value is -3.97. The number of aromatic nitrogens is 2. The summed E-state index contributed by atoms with van der Waals surface area (Å²) < 4.78 is 15.6. The van der Waals surface area contributed by atoms with Crippen LogP contribution >= 0.6 is 0 Å². The molecule has 3 aromatic carbocycles. The lowest BCUT2D eigenvalue weighted by Gasteiger charge is -2.22. The highest BCUT2D eigenvalue weighted by molar-refractivity contribution is 5.92. The average Bonchev–Trinajstić information content (AvgIpc) is 3.32. The van der Waals surface area contributed by atoms with Gasteiger partial charge in [-0.3, -0.25) is 0 Å². The van der Waals surface area contributed by atoms with Crippen LogP contribution in [0.4, 0.5) is 4.39 Å². The zero-order valence-corrected chi connectivity index (χ0v) is 19.0. The fraction of sp³-hybridized carbons (Fsp3) is 0.200. The highest BCUT2D eigenvalue weighted by Crippen LogP contribution is 2.34. The van der Waals surface area contributed by atoms with Crippen molar-refractivity contribution >= 4 is 11.6 Å². The van der Waals surface area contributed by atoms with Crippen LogP contribution in [-0.2, 0) is 0 Å². The molecule has 1 aromatic heterocycles. The van der Waals surface area contributed by atoms with E-state index in [1.54, 1.807) is 18.2 Å². The van der Waals surface area contributed by atoms with Crippen LogP contribution in [-0.4, -0.2) is 9.78 Å². The summed E-state index contributed by atoms with van der Waals surface area (Å²) >= 11 is 0. The summed E-state index contributed by atoms with van der Waals surface area (Å²) in [7, 11) is 0. The molecule has 168 valence electrons. The Bertz CT molecular complexity index is 1340. The van der Waals surface area contributed by atoms with Gasteiger partial charge < -0.3 is 0 Å². The summed E-state index contributed by atoms with van der Waals surface area (Å²) in [5, 5.41) is 14.7. The molecule has 3 nitrogen and oxygen atoms in total. The molecule has 1 aliphatic carbocycles. The Kier molecular flexibility index (Phi) is 6.35. The number of nitrogens with zero attached hydrogens (tertiary/aromatic N) is 3. The Morgan fingerprint density at radius 3 is 2.41 bits per heavy atom. The molecule has 0 spiro atoms. The maximum Gasteiger partial charge on any atom is 0.123 e. The van der Waals surface area contributed by atoms with Crippen LogP contribution in [0.3, 0.4) is 0 Å². The number of benzene rings is 3. The van der Waals surface area contributed by atoms with Gasteiger partial charge in [0.05, 0.1) is 23.0 Å². The number of hydrogen-bond acceptors (Lipinski definition) is 2. The standard InChI is InChI=1S/C30H26FN3/c31-28-11-7-10-25(19-28)26(20-32)18-27-21-34(29-12-5-2-6-13-29)33-30(27)24-16-14-23(15-17-24)22-8-3-1-4-9-22/h2,5-7,10-19,21-22H,1,3-4,8-9H2. The number of hydrogen-bond donors (Lipinski definition) is 0. The van der Waals surface area contributed by atoms with Crippen molar-refractivity contribution in [2.24, 2.45) is 0 Å². The van der Waals surface area contributed by atoms with Crippen molar-refractivity contribution < 1.29 is 4.39 Å². The summed E-state index contributed by atoms with van der Waals surface area (Å²) in [5.41, 5.74) is 5.88. The van der Waals surface area contributed by atoms with Gasteiger partial charge in [-0.15, -0.1) is 0 Å². The first-order valence-corrected chi connectivity index (χ1v) is 11.8. The van der Waals surface area contributed by atoms with E-state index in [4.69, 9.17) is 5.10 Å². The molecule has 0 saturated heterocycles. The topological polar surface area (TPSA) is 41.6 Å². The molecule has 0 bridgehead atoms. The molecule has 0 aliphatic heterocycles. The van der Waals surface area contributed by atoms with E-state index in [-0.39, 0.29) is 5.82 Å². The Morgan fingerprint density at radius 2 is 1.71 bits per heavy atom. The molecule has 4 aromatic rings. The van der Waals surface area contributed by atoms with Gasteiger partial charge in [-0.2, -0.15) is 10.4 Å². The van der Waals surface area contributed by atoms with Crippen molar-refractivity contribution in [3.05, 3.63) is 108 Å². The van der Waals surface area contributed by atoms with E-state index in [2.05, 4.69) is 30.3 Å². The van der Waals surface area contributed by atoms with Crippen LogP contribution in [0.1, 0.15) is 54.7 Å². The molecule has 0 atom stereocenters. The molecule has 0 N–H and O–H groups in total. The van der Waals surface area contributed by atoms with E-state index in [1.165, 1.54) is 49.8 Å². The molecular formula is C30H26FN3. The smallest absolute Gasteiger partial charge is 0.123 e. The second-order valence-electron chi connectivity index (χ2n) is 8.85. The fourth-order valence-corrected chi connectivity index (χ4v) is 4.77. The predicted molar refractivity (Wildman–Crippen MR) is 135 cm³/mol. The first-order valence-electron chi connectivity index (χ1n) is 11.8. The molecule has 0 amide bonds. The summed E-state index contributed by atoms with van der Waals surface area (Å²) in [6.07, 6.45) is 10.2. The van der Waals surface area contributed by atoms with Crippen molar-refractivity contribution in [1.29, 1.82) is 5.26 Å². The minimum absolute atomic E-state index is 0.364. The minimum atomic E-state index is -0.364. The first-order chi connectivity index (χ1) is 16.7. The second kappa shape index (κ2) is 9.89. The predicted octanol–water partition coefficient (Wildman–Crippen LogP) is 7.79. The van der Waals surface area contributed by atoms with Crippen LogP contribution in [0.15, 0.2) is 85.1 Å². The quantitative estimate of drug-likeness (QED) is 0.293. The van der Waals surface area contributed by atoms with Gasteiger partial charge in [0.2, 0.25) is 0 Å². The lowest BCUT2D eigenvalue weighted by molar-refractivity contribution is 0.443. The van der Waals surface area contributed by atoms with Crippen LogP contribution < -0.4 is 0 Å². The lowest BCUT2D eigenvalue weighted by atomic mass is 9.84. The Morgan fingerprint density at radius 1 is 0.941 bits per heavy atom. The Labute approximate surface area is 199 Å². The highest BCUT2D eigenvalue weighted by Gasteiger charge is 2.17. The van der Waals surface area contributed by atoms with Crippen molar-refractivity contribution in [3.63, 3.8) is 0 Å². The first kappa shape index (κ1) is 21.9. The van der Waals surface area contributed by atoms with Crippen LogP contribution in [0.5, 0.6) is 0 Å². The fourth-order valence-electron chi connectivity index (χ4n) is 4.77. The molecule has 1 fully saturated rings. The minimum Gasteiger partial charge on any atom is -0.240 e. The molecule has 1 aliphatic rings. The van der Waals surface area contributed by atoms with E-state index in [9.17, 15) is 9.65 Å². The van der Waals surface area contributed by atoms with E-state index >= 15 is 0 Å². The van der Waals surface area contributed by atoms with Gasteiger partial charge in [0.1, 0.15) is 5.82 Å². The Balaban J connectivity index is 1.57. The molecule has 5 rings (SSSR count). The van der Waals surface area contributed by atoms with Crippen LogP contribution in [0.2, 0.25) is 0 Å². The van der Waals surface area contributed by atoms with Crippen molar-refractivity contribution in [2.75, 3.05) is 0 Å². The van der Waals surface area contributed by atoms with Gasteiger partial charge in [-0.25, -0.2) is 9.07 Å².